The van der Waals surface area contributed by atoms with Gasteiger partial charge in [0.05, 0.1) is 0 Å². The smallest absolute Gasteiger partial charge is 0.290 e. The van der Waals surface area contributed by atoms with Crippen molar-refractivity contribution in [1.82, 2.24) is 25.1 Å². The van der Waals surface area contributed by atoms with Crippen LogP contribution in [0.1, 0.15) is 41.0 Å². The Morgan fingerprint density at radius 3 is 2.70 bits per heavy atom. The molecule has 0 fully saturated rings. The number of aryl methyl sites for hydroxylation is 2. The number of amides is 1. The van der Waals surface area contributed by atoms with E-state index in [-0.39, 0.29) is 11.7 Å². The molecule has 7 heteroatoms. The molecule has 0 aliphatic carbocycles. The number of rotatable bonds is 7. The van der Waals surface area contributed by atoms with Crippen LogP contribution in [-0.2, 0) is 12.8 Å². The van der Waals surface area contributed by atoms with Gasteiger partial charge in [-0.05, 0) is 43.5 Å². The fourth-order valence-electron chi connectivity index (χ4n) is 2.69. The van der Waals surface area contributed by atoms with E-state index in [0.29, 0.717) is 30.9 Å². The highest BCUT2D eigenvalue weighted by atomic mass is 19.1. The van der Waals surface area contributed by atoms with E-state index in [0.717, 1.165) is 17.7 Å². The summed E-state index contributed by atoms with van der Waals surface area (Å²) in [6, 6.07) is 10.2. The second-order valence-electron chi connectivity index (χ2n) is 6.28. The molecule has 0 saturated carbocycles. The van der Waals surface area contributed by atoms with Gasteiger partial charge in [0, 0.05) is 24.9 Å². The molecule has 0 aliphatic heterocycles. The summed E-state index contributed by atoms with van der Waals surface area (Å²) >= 11 is 0. The Morgan fingerprint density at radius 2 is 2.00 bits per heavy atom. The van der Waals surface area contributed by atoms with E-state index in [9.17, 15) is 9.18 Å². The first-order valence-electron chi connectivity index (χ1n) is 8.99. The molecule has 0 unspecified atom stereocenters. The van der Waals surface area contributed by atoms with Gasteiger partial charge < -0.3 is 5.32 Å². The number of pyridine rings is 1. The quantitative estimate of drug-likeness (QED) is 0.697. The van der Waals surface area contributed by atoms with Gasteiger partial charge in [-0.25, -0.2) is 14.1 Å². The largest absolute Gasteiger partial charge is 0.349 e. The molecule has 3 rings (SSSR count). The lowest BCUT2D eigenvalue weighted by Gasteiger charge is -2.05. The molecule has 2 heterocycles. The summed E-state index contributed by atoms with van der Waals surface area (Å²) in [5.74, 6) is -0.166. The SMILES string of the molecule is CCCc1nc(C(=O)NCCc2ccc(C)nc2)nn1-c1ccccc1F. The molecule has 1 aromatic carbocycles. The van der Waals surface area contributed by atoms with Crippen LogP contribution >= 0.6 is 0 Å². The highest BCUT2D eigenvalue weighted by Crippen LogP contribution is 2.15. The highest BCUT2D eigenvalue weighted by Gasteiger charge is 2.18. The lowest BCUT2D eigenvalue weighted by Crippen LogP contribution is -2.27. The fourth-order valence-corrected chi connectivity index (χ4v) is 2.69. The highest BCUT2D eigenvalue weighted by molar-refractivity contribution is 5.90. The van der Waals surface area contributed by atoms with Gasteiger partial charge in [0.1, 0.15) is 17.3 Å². The number of hydrogen-bond acceptors (Lipinski definition) is 4. The summed E-state index contributed by atoms with van der Waals surface area (Å²) in [7, 11) is 0. The summed E-state index contributed by atoms with van der Waals surface area (Å²) in [5.41, 5.74) is 2.28. The Balaban J connectivity index is 1.72. The van der Waals surface area contributed by atoms with Crippen molar-refractivity contribution in [2.45, 2.75) is 33.1 Å². The Hall–Kier alpha value is -3.09. The fraction of sp³-hybridized carbons (Fsp3) is 0.300. The van der Waals surface area contributed by atoms with Gasteiger partial charge >= 0.3 is 0 Å². The van der Waals surface area contributed by atoms with Crippen molar-refractivity contribution in [2.24, 2.45) is 0 Å². The van der Waals surface area contributed by atoms with E-state index in [2.05, 4.69) is 20.4 Å². The normalized spacial score (nSPS) is 10.8. The average Bonchev–Trinajstić information content (AvgIpc) is 3.08. The maximum atomic E-state index is 14.1. The van der Waals surface area contributed by atoms with E-state index in [1.54, 1.807) is 24.4 Å². The summed E-state index contributed by atoms with van der Waals surface area (Å²) in [5, 5.41) is 7.05. The summed E-state index contributed by atoms with van der Waals surface area (Å²) in [6.45, 7) is 4.37. The zero-order valence-electron chi connectivity index (χ0n) is 15.4. The Kier molecular flexibility index (Phi) is 5.90. The molecule has 0 spiro atoms. The van der Waals surface area contributed by atoms with Crippen molar-refractivity contribution in [3.05, 3.63) is 71.3 Å². The molecule has 1 N–H and O–H groups in total. The van der Waals surface area contributed by atoms with Crippen molar-refractivity contribution in [2.75, 3.05) is 6.54 Å². The van der Waals surface area contributed by atoms with Gasteiger partial charge in [0.25, 0.3) is 5.91 Å². The van der Waals surface area contributed by atoms with Crippen LogP contribution < -0.4 is 5.32 Å². The molecule has 6 nitrogen and oxygen atoms in total. The van der Waals surface area contributed by atoms with E-state index >= 15 is 0 Å². The lowest BCUT2D eigenvalue weighted by atomic mass is 10.2. The first-order chi connectivity index (χ1) is 13.1. The van der Waals surface area contributed by atoms with Crippen molar-refractivity contribution in [1.29, 1.82) is 0 Å². The zero-order chi connectivity index (χ0) is 19.2. The summed E-state index contributed by atoms with van der Waals surface area (Å²) in [4.78, 5) is 21.0. The number of carbonyl (C=O) groups is 1. The van der Waals surface area contributed by atoms with Crippen LogP contribution in [0.2, 0.25) is 0 Å². The number of nitrogens with one attached hydrogen (secondary N) is 1. The number of aromatic nitrogens is 4. The Labute approximate surface area is 157 Å². The first-order valence-corrected chi connectivity index (χ1v) is 8.99. The van der Waals surface area contributed by atoms with Gasteiger partial charge in [-0.1, -0.05) is 25.1 Å². The maximum Gasteiger partial charge on any atom is 0.290 e. The standard InChI is InChI=1S/C20H22FN5O/c1-3-6-18-24-19(25-26(18)17-8-5-4-7-16(17)21)20(27)22-12-11-15-10-9-14(2)23-13-15/h4-5,7-10,13H,3,6,11-12H2,1-2H3,(H,22,27). The van der Waals surface area contributed by atoms with Crippen molar-refractivity contribution >= 4 is 5.91 Å². The molecule has 0 radical (unpaired) electrons. The van der Waals surface area contributed by atoms with Crippen LogP contribution in [0, 0.1) is 12.7 Å². The van der Waals surface area contributed by atoms with Crippen LogP contribution in [0.4, 0.5) is 4.39 Å². The molecule has 0 atom stereocenters. The van der Waals surface area contributed by atoms with E-state index in [4.69, 9.17) is 0 Å². The van der Waals surface area contributed by atoms with Crippen LogP contribution in [0.25, 0.3) is 5.69 Å². The topological polar surface area (TPSA) is 72.7 Å². The molecule has 0 bridgehead atoms. The molecule has 0 saturated heterocycles. The number of benzene rings is 1. The van der Waals surface area contributed by atoms with Crippen molar-refractivity contribution < 1.29 is 9.18 Å². The maximum absolute atomic E-state index is 14.1. The number of halogens is 1. The third-order valence-electron chi connectivity index (χ3n) is 4.10. The van der Waals surface area contributed by atoms with Gasteiger partial charge in [-0.15, -0.1) is 5.10 Å². The minimum atomic E-state index is -0.404. The van der Waals surface area contributed by atoms with Crippen LogP contribution in [0.5, 0.6) is 0 Å². The molecule has 27 heavy (non-hydrogen) atoms. The second kappa shape index (κ2) is 8.53. The van der Waals surface area contributed by atoms with Crippen LogP contribution in [0.15, 0.2) is 42.6 Å². The summed E-state index contributed by atoms with van der Waals surface area (Å²) < 4.78 is 15.5. The first kappa shape index (κ1) is 18.7. The third kappa shape index (κ3) is 4.55. The van der Waals surface area contributed by atoms with Gasteiger partial charge in [0.15, 0.2) is 0 Å². The Morgan fingerprint density at radius 1 is 1.19 bits per heavy atom. The van der Waals surface area contributed by atoms with Gasteiger partial charge in [-0.3, -0.25) is 9.78 Å². The predicted octanol–water partition coefficient (Wildman–Crippen LogP) is 3.03. The van der Waals surface area contributed by atoms with E-state index < -0.39 is 5.82 Å². The summed E-state index contributed by atoms with van der Waals surface area (Å²) in [6.07, 6.45) is 3.87. The molecule has 3 aromatic rings. The third-order valence-corrected chi connectivity index (χ3v) is 4.10. The van der Waals surface area contributed by atoms with Gasteiger partial charge in [0.2, 0.25) is 5.82 Å². The minimum absolute atomic E-state index is 0.0451. The lowest BCUT2D eigenvalue weighted by molar-refractivity contribution is 0.0943. The Bertz CT molecular complexity index is 920. The number of hydrogen-bond donors (Lipinski definition) is 1. The minimum Gasteiger partial charge on any atom is -0.349 e. The van der Waals surface area contributed by atoms with Crippen LogP contribution in [0.3, 0.4) is 0 Å². The van der Waals surface area contributed by atoms with Gasteiger partial charge in [-0.2, -0.15) is 0 Å². The molecule has 0 aliphatic rings. The molecular formula is C20H22FN5O. The molecular weight excluding hydrogens is 345 g/mol. The monoisotopic (exact) mass is 367 g/mol. The predicted molar refractivity (Wildman–Crippen MR) is 100 cm³/mol. The average molecular weight is 367 g/mol. The second-order valence-corrected chi connectivity index (χ2v) is 6.28. The van der Waals surface area contributed by atoms with Crippen LogP contribution in [-0.4, -0.2) is 32.2 Å². The molecule has 1 amide bonds. The molecule has 2 aromatic heterocycles. The number of carbonyl (C=O) groups excluding carboxylic acids is 1. The van der Waals surface area contributed by atoms with E-state index in [1.165, 1.54) is 10.7 Å². The number of nitrogens with zero attached hydrogens (tertiary/aromatic N) is 4. The van der Waals surface area contributed by atoms with Crippen molar-refractivity contribution in [3.8, 4) is 5.69 Å². The van der Waals surface area contributed by atoms with Crippen molar-refractivity contribution in [3.63, 3.8) is 0 Å². The molecule has 140 valence electrons. The van der Waals surface area contributed by atoms with E-state index in [1.807, 2.05) is 26.0 Å². The number of para-hydroxylation sites is 1. The zero-order valence-corrected chi connectivity index (χ0v) is 15.4.